The van der Waals surface area contributed by atoms with Crippen molar-refractivity contribution in [2.45, 2.75) is 45.3 Å². The fraction of sp³-hybridized carbons (Fsp3) is 0.652. The highest BCUT2D eigenvalue weighted by Crippen LogP contribution is 2.26. The molecule has 8 nitrogen and oxygen atoms in total. The molecule has 2 aliphatic rings. The number of alkyl carbamates (subject to hydrolysis) is 1. The van der Waals surface area contributed by atoms with Crippen molar-refractivity contribution in [1.82, 2.24) is 15.5 Å². The Labute approximate surface area is 186 Å². The quantitative estimate of drug-likeness (QED) is 0.551. The number of carbonyl (C=O) groups is 1. The molecule has 2 aliphatic heterocycles. The highest BCUT2D eigenvalue weighted by Gasteiger charge is 2.29. The van der Waals surface area contributed by atoms with Crippen LogP contribution >= 0.6 is 0 Å². The summed E-state index contributed by atoms with van der Waals surface area (Å²) in [6, 6.07) is 8.32. The molecule has 0 spiro atoms. The Morgan fingerprint density at radius 3 is 2.74 bits per heavy atom. The molecule has 3 rings (SSSR count). The second-order valence-corrected chi connectivity index (χ2v) is 9.31. The Bertz CT molecular complexity index is 777. The normalized spacial score (nSPS) is 21.9. The van der Waals surface area contributed by atoms with Crippen LogP contribution in [-0.2, 0) is 4.74 Å². The fourth-order valence-corrected chi connectivity index (χ4v) is 4.15. The number of rotatable bonds is 5. The van der Waals surface area contributed by atoms with Crippen LogP contribution in [0.25, 0.3) is 0 Å². The predicted molar refractivity (Wildman–Crippen MR) is 124 cm³/mol. The third-order valence-electron chi connectivity index (χ3n) is 5.67. The van der Waals surface area contributed by atoms with Crippen molar-refractivity contribution in [2.75, 3.05) is 51.8 Å². The van der Waals surface area contributed by atoms with E-state index in [0.717, 1.165) is 57.3 Å². The standard InChI is InChI=1S/C23H37N5O3/c1-23(2,3)31-22(29)26-18-10-12-28(16-18)21(24-4)25-14-17-9-11-27(15-17)19-7-6-8-20(13-19)30-5/h6-8,13,17-18H,9-12,14-16H2,1-5H3,(H,24,25)(H,26,29). The van der Waals surface area contributed by atoms with Crippen LogP contribution < -0.4 is 20.3 Å². The van der Waals surface area contributed by atoms with E-state index in [2.05, 4.69) is 37.6 Å². The summed E-state index contributed by atoms with van der Waals surface area (Å²) in [4.78, 5) is 21.1. The molecule has 2 unspecified atom stereocenters. The Morgan fingerprint density at radius 2 is 2.03 bits per heavy atom. The van der Waals surface area contributed by atoms with Gasteiger partial charge in [0.2, 0.25) is 0 Å². The van der Waals surface area contributed by atoms with E-state index in [4.69, 9.17) is 9.47 Å². The zero-order valence-electron chi connectivity index (χ0n) is 19.5. The monoisotopic (exact) mass is 431 g/mol. The molecule has 1 amide bonds. The first-order valence-corrected chi connectivity index (χ1v) is 11.1. The molecule has 2 saturated heterocycles. The molecule has 2 atom stereocenters. The first-order chi connectivity index (χ1) is 14.8. The number of benzene rings is 1. The van der Waals surface area contributed by atoms with E-state index in [1.165, 1.54) is 5.69 Å². The zero-order valence-corrected chi connectivity index (χ0v) is 19.5. The van der Waals surface area contributed by atoms with Crippen LogP contribution in [0, 0.1) is 5.92 Å². The molecule has 0 bridgehead atoms. The number of anilines is 1. The summed E-state index contributed by atoms with van der Waals surface area (Å²) in [5.74, 6) is 2.35. The van der Waals surface area contributed by atoms with Crippen molar-refractivity contribution in [1.29, 1.82) is 0 Å². The number of methoxy groups -OCH3 is 1. The van der Waals surface area contributed by atoms with E-state index in [0.29, 0.717) is 5.92 Å². The van der Waals surface area contributed by atoms with Crippen molar-refractivity contribution in [3.63, 3.8) is 0 Å². The van der Waals surface area contributed by atoms with Gasteiger partial charge >= 0.3 is 6.09 Å². The number of ether oxygens (including phenoxy) is 2. The highest BCUT2D eigenvalue weighted by atomic mass is 16.6. The van der Waals surface area contributed by atoms with Crippen molar-refractivity contribution < 1.29 is 14.3 Å². The maximum atomic E-state index is 12.0. The van der Waals surface area contributed by atoms with E-state index in [1.54, 1.807) is 7.11 Å². The van der Waals surface area contributed by atoms with Crippen molar-refractivity contribution in [3.05, 3.63) is 24.3 Å². The summed E-state index contributed by atoms with van der Waals surface area (Å²) < 4.78 is 10.7. The molecular weight excluding hydrogens is 394 g/mol. The number of likely N-dealkylation sites (tertiary alicyclic amines) is 1. The second-order valence-electron chi connectivity index (χ2n) is 9.31. The number of nitrogens with zero attached hydrogens (tertiary/aromatic N) is 3. The van der Waals surface area contributed by atoms with E-state index < -0.39 is 5.60 Å². The smallest absolute Gasteiger partial charge is 0.407 e. The number of hydrogen-bond acceptors (Lipinski definition) is 5. The minimum absolute atomic E-state index is 0.0726. The van der Waals surface area contributed by atoms with Gasteiger partial charge in [-0.1, -0.05) is 6.07 Å². The lowest BCUT2D eigenvalue weighted by molar-refractivity contribution is 0.0507. The van der Waals surface area contributed by atoms with Gasteiger partial charge in [-0.15, -0.1) is 0 Å². The molecule has 2 N–H and O–H groups in total. The van der Waals surface area contributed by atoms with Gasteiger partial charge in [-0.3, -0.25) is 4.99 Å². The molecule has 0 aromatic heterocycles. The number of nitrogens with one attached hydrogen (secondary N) is 2. The molecular formula is C23H37N5O3. The lowest BCUT2D eigenvalue weighted by Gasteiger charge is -2.24. The molecule has 0 radical (unpaired) electrons. The van der Waals surface area contributed by atoms with Crippen molar-refractivity contribution in [3.8, 4) is 5.75 Å². The minimum atomic E-state index is -0.486. The van der Waals surface area contributed by atoms with Gasteiger partial charge in [0.1, 0.15) is 11.4 Å². The number of amides is 1. The third kappa shape index (κ3) is 6.67. The molecule has 31 heavy (non-hydrogen) atoms. The molecule has 0 aliphatic carbocycles. The minimum Gasteiger partial charge on any atom is -0.497 e. The Morgan fingerprint density at radius 1 is 1.23 bits per heavy atom. The Kier molecular flexibility index (Phi) is 7.51. The Hall–Kier alpha value is -2.64. The second kappa shape index (κ2) is 10.1. The largest absolute Gasteiger partial charge is 0.497 e. The molecule has 172 valence electrons. The van der Waals surface area contributed by atoms with Gasteiger partial charge in [0, 0.05) is 51.5 Å². The van der Waals surface area contributed by atoms with Crippen molar-refractivity contribution >= 4 is 17.7 Å². The summed E-state index contributed by atoms with van der Waals surface area (Å²) in [5, 5.41) is 6.51. The van der Waals surface area contributed by atoms with E-state index in [9.17, 15) is 4.79 Å². The molecule has 1 aromatic carbocycles. The molecule has 2 heterocycles. The van der Waals surface area contributed by atoms with Gasteiger partial charge in [-0.25, -0.2) is 4.79 Å². The summed E-state index contributed by atoms with van der Waals surface area (Å²) in [6.45, 7) is 10.2. The molecule has 0 saturated carbocycles. The average molecular weight is 432 g/mol. The molecule has 1 aromatic rings. The van der Waals surface area contributed by atoms with E-state index in [-0.39, 0.29) is 12.1 Å². The summed E-state index contributed by atoms with van der Waals surface area (Å²) in [6.07, 6.45) is 1.67. The summed E-state index contributed by atoms with van der Waals surface area (Å²) in [5.41, 5.74) is 0.724. The van der Waals surface area contributed by atoms with Crippen LogP contribution in [0.5, 0.6) is 5.75 Å². The first kappa shape index (κ1) is 23.0. The fourth-order valence-electron chi connectivity index (χ4n) is 4.15. The van der Waals surface area contributed by atoms with Crippen LogP contribution in [0.3, 0.4) is 0 Å². The number of guanidine groups is 1. The Balaban J connectivity index is 1.44. The third-order valence-corrected chi connectivity index (χ3v) is 5.67. The van der Waals surface area contributed by atoms with Gasteiger partial charge < -0.3 is 29.9 Å². The van der Waals surface area contributed by atoms with Gasteiger partial charge in [0.25, 0.3) is 0 Å². The topological polar surface area (TPSA) is 78.4 Å². The number of carbonyl (C=O) groups excluding carboxylic acids is 1. The van der Waals surface area contributed by atoms with Gasteiger partial charge in [-0.05, 0) is 51.7 Å². The average Bonchev–Trinajstić information content (AvgIpc) is 3.37. The predicted octanol–water partition coefficient (Wildman–Crippen LogP) is 2.70. The maximum absolute atomic E-state index is 12.0. The summed E-state index contributed by atoms with van der Waals surface area (Å²) >= 11 is 0. The number of aliphatic imine (C=N–C) groups is 1. The zero-order chi connectivity index (χ0) is 22.4. The number of hydrogen-bond donors (Lipinski definition) is 2. The van der Waals surface area contributed by atoms with Gasteiger partial charge in [-0.2, -0.15) is 0 Å². The lowest BCUT2D eigenvalue weighted by atomic mass is 10.1. The van der Waals surface area contributed by atoms with Crippen LogP contribution in [0.1, 0.15) is 33.6 Å². The van der Waals surface area contributed by atoms with E-state index >= 15 is 0 Å². The highest BCUT2D eigenvalue weighted by molar-refractivity contribution is 5.80. The van der Waals surface area contributed by atoms with Gasteiger partial charge in [0.05, 0.1) is 13.2 Å². The van der Waals surface area contributed by atoms with Crippen LogP contribution in [0.2, 0.25) is 0 Å². The van der Waals surface area contributed by atoms with Crippen LogP contribution in [-0.4, -0.2) is 75.5 Å². The SMILES string of the molecule is CN=C(NCC1CCN(c2cccc(OC)c2)C1)N1CCC(NC(=O)OC(C)(C)C)C1. The van der Waals surface area contributed by atoms with Crippen molar-refractivity contribution in [2.24, 2.45) is 10.9 Å². The summed E-state index contributed by atoms with van der Waals surface area (Å²) in [7, 11) is 3.52. The first-order valence-electron chi connectivity index (χ1n) is 11.1. The molecule has 2 fully saturated rings. The maximum Gasteiger partial charge on any atom is 0.407 e. The molecule has 8 heteroatoms. The van der Waals surface area contributed by atoms with E-state index in [1.807, 2.05) is 40.0 Å². The van der Waals surface area contributed by atoms with Crippen LogP contribution in [0.15, 0.2) is 29.3 Å². The lowest BCUT2D eigenvalue weighted by Crippen LogP contribution is -2.45. The van der Waals surface area contributed by atoms with Crippen LogP contribution in [0.4, 0.5) is 10.5 Å². The van der Waals surface area contributed by atoms with Gasteiger partial charge in [0.15, 0.2) is 5.96 Å².